The summed E-state index contributed by atoms with van der Waals surface area (Å²) >= 11 is 0. The summed E-state index contributed by atoms with van der Waals surface area (Å²) in [5, 5.41) is 8.89. The van der Waals surface area contributed by atoms with Crippen molar-refractivity contribution in [3.63, 3.8) is 0 Å². The second-order valence-electron chi connectivity index (χ2n) is 7.86. The molecule has 0 bridgehead atoms. The van der Waals surface area contributed by atoms with Gasteiger partial charge in [-0.05, 0) is 68.6 Å². The largest absolute Gasteiger partial charge is 0.361 e. The standard InChI is InChI=1S/C21H25N5O/c27-20-21(6-9-22-10-7-21)5-1-11-25(20)15-16-14-23-19-4-3-17(13-18(16)19)26-12-2-8-24-26/h2-4,8,12-14,22-23H,1,5-7,9-11,15H2. The number of carbonyl (C=O) groups excluding carboxylic acids is 1. The van der Waals surface area contributed by atoms with Gasteiger partial charge in [0.2, 0.25) is 5.91 Å². The number of hydrogen-bond acceptors (Lipinski definition) is 3. The van der Waals surface area contributed by atoms with Gasteiger partial charge in [-0.25, -0.2) is 4.68 Å². The molecular weight excluding hydrogens is 338 g/mol. The van der Waals surface area contributed by atoms with Crippen LogP contribution in [0.15, 0.2) is 42.9 Å². The number of fused-ring (bicyclic) bond motifs is 1. The molecule has 5 rings (SSSR count). The molecule has 0 radical (unpaired) electrons. The quantitative estimate of drug-likeness (QED) is 0.752. The SMILES string of the molecule is O=C1N(Cc2c[nH]c3ccc(-n4cccn4)cc23)CCCC12CCNCC2. The van der Waals surface area contributed by atoms with Crippen molar-refractivity contribution in [1.29, 1.82) is 0 Å². The van der Waals surface area contributed by atoms with Crippen molar-refractivity contribution >= 4 is 16.8 Å². The smallest absolute Gasteiger partial charge is 0.229 e. The highest BCUT2D eigenvalue weighted by Crippen LogP contribution is 2.40. The summed E-state index contributed by atoms with van der Waals surface area (Å²) in [4.78, 5) is 18.7. The van der Waals surface area contributed by atoms with E-state index in [4.69, 9.17) is 0 Å². The van der Waals surface area contributed by atoms with E-state index in [1.165, 1.54) is 10.9 Å². The fraction of sp³-hybridized carbons (Fsp3) is 0.429. The molecular formula is C21H25N5O. The van der Waals surface area contributed by atoms with E-state index in [0.717, 1.165) is 56.5 Å². The Bertz CT molecular complexity index is 947. The Morgan fingerprint density at radius 2 is 2.07 bits per heavy atom. The summed E-state index contributed by atoms with van der Waals surface area (Å²) in [6, 6.07) is 8.23. The Kier molecular flexibility index (Phi) is 4.01. The van der Waals surface area contributed by atoms with Gasteiger partial charge in [-0.3, -0.25) is 4.79 Å². The van der Waals surface area contributed by atoms with Crippen LogP contribution in [0.5, 0.6) is 0 Å². The number of amides is 1. The maximum Gasteiger partial charge on any atom is 0.229 e. The van der Waals surface area contributed by atoms with Gasteiger partial charge in [0.15, 0.2) is 0 Å². The molecule has 1 spiro atoms. The molecule has 1 aromatic carbocycles. The molecule has 2 saturated heterocycles. The first-order chi connectivity index (χ1) is 13.3. The highest BCUT2D eigenvalue weighted by atomic mass is 16.2. The summed E-state index contributed by atoms with van der Waals surface area (Å²) in [5.41, 5.74) is 3.18. The lowest BCUT2D eigenvalue weighted by Gasteiger charge is -2.44. The number of carbonyl (C=O) groups is 1. The average molecular weight is 363 g/mol. The number of benzene rings is 1. The third-order valence-corrected chi connectivity index (χ3v) is 6.27. The molecule has 1 amide bonds. The van der Waals surface area contributed by atoms with Crippen LogP contribution in [0.4, 0.5) is 0 Å². The minimum atomic E-state index is -0.129. The van der Waals surface area contributed by atoms with Crippen molar-refractivity contribution < 1.29 is 4.79 Å². The first kappa shape index (κ1) is 16.6. The third-order valence-electron chi connectivity index (χ3n) is 6.27. The zero-order valence-corrected chi connectivity index (χ0v) is 15.4. The Hall–Kier alpha value is -2.60. The molecule has 2 aliphatic rings. The van der Waals surface area contributed by atoms with E-state index in [1.54, 1.807) is 6.20 Å². The van der Waals surface area contributed by atoms with Crippen LogP contribution in [0.3, 0.4) is 0 Å². The molecule has 3 aromatic rings. The molecule has 2 fully saturated rings. The van der Waals surface area contributed by atoms with E-state index in [2.05, 4.69) is 44.7 Å². The van der Waals surface area contributed by atoms with Gasteiger partial charge in [0.1, 0.15) is 0 Å². The lowest BCUT2D eigenvalue weighted by Crippen LogP contribution is -2.52. The topological polar surface area (TPSA) is 66.0 Å². The van der Waals surface area contributed by atoms with E-state index < -0.39 is 0 Å². The van der Waals surface area contributed by atoms with Crippen LogP contribution in [-0.4, -0.2) is 45.2 Å². The predicted octanol–water partition coefficient (Wildman–Crippen LogP) is 2.85. The van der Waals surface area contributed by atoms with E-state index in [-0.39, 0.29) is 5.41 Å². The van der Waals surface area contributed by atoms with Crippen molar-refractivity contribution in [2.24, 2.45) is 5.41 Å². The van der Waals surface area contributed by atoms with Gasteiger partial charge in [0, 0.05) is 42.6 Å². The van der Waals surface area contributed by atoms with Crippen LogP contribution in [-0.2, 0) is 11.3 Å². The first-order valence-electron chi connectivity index (χ1n) is 9.85. The zero-order chi connectivity index (χ0) is 18.3. The predicted molar refractivity (Wildman–Crippen MR) is 105 cm³/mol. The second kappa shape index (κ2) is 6.53. The van der Waals surface area contributed by atoms with Crippen molar-refractivity contribution in [2.75, 3.05) is 19.6 Å². The van der Waals surface area contributed by atoms with E-state index in [9.17, 15) is 4.79 Å². The highest BCUT2D eigenvalue weighted by molar-refractivity contribution is 5.87. The number of piperidine rings is 2. The second-order valence-corrected chi connectivity index (χ2v) is 7.86. The summed E-state index contributed by atoms with van der Waals surface area (Å²) < 4.78 is 1.87. The number of aromatic amines is 1. The first-order valence-corrected chi connectivity index (χ1v) is 9.85. The Labute approximate surface area is 158 Å². The molecule has 0 saturated carbocycles. The minimum Gasteiger partial charge on any atom is -0.361 e. The van der Waals surface area contributed by atoms with Gasteiger partial charge in [-0.1, -0.05) is 0 Å². The van der Waals surface area contributed by atoms with E-state index in [0.29, 0.717) is 12.5 Å². The molecule has 140 valence electrons. The number of nitrogens with one attached hydrogen (secondary N) is 2. The number of rotatable bonds is 3. The lowest BCUT2D eigenvalue weighted by atomic mass is 9.72. The summed E-state index contributed by atoms with van der Waals surface area (Å²) in [7, 11) is 0. The van der Waals surface area contributed by atoms with Gasteiger partial charge in [-0.2, -0.15) is 5.10 Å². The van der Waals surface area contributed by atoms with E-state index in [1.807, 2.05) is 16.9 Å². The summed E-state index contributed by atoms with van der Waals surface area (Å²) in [5.74, 6) is 0.354. The zero-order valence-electron chi connectivity index (χ0n) is 15.4. The monoisotopic (exact) mass is 363 g/mol. The summed E-state index contributed by atoms with van der Waals surface area (Å²) in [6.45, 7) is 3.45. The molecule has 4 heterocycles. The molecule has 2 aliphatic heterocycles. The van der Waals surface area contributed by atoms with Gasteiger partial charge in [0.05, 0.1) is 11.1 Å². The number of aromatic nitrogens is 3. The number of nitrogens with zero attached hydrogens (tertiary/aromatic N) is 3. The molecule has 0 unspecified atom stereocenters. The molecule has 27 heavy (non-hydrogen) atoms. The van der Waals surface area contributed by atoms with Crippen molar-refractivity contribution in [1.82, 2.24) is 25.0 Å². The van der Waals surface area contributed by atoms with Gasteiger partial charge in [0.25, 0.3) is 0 Å². The van der Waals surface area contributed by atoms with E-state index >= 15 is 0 Å². The number of hydrogen-bond donors (Lipinski definition) is 2. The Morgan fingerprint density at radius 3 is 2.89 bits per heavy atom. The van der Waals surface area contributed by atoms with Crippen LogP contribution in [0.1, 0.15) is 31.2 Å². The van der Waals surface area contributed by atoms with Crippen LogP contribution in [0.25, 0.3) is 16.6 Å². The summed E-state index contributed by atoms with van der Waals surface area (Å²) in [6.07, 6.45) is 9.87. The Morgan fingerprint density at radius 1 is 1.19 bits per heavy atom. The van der Waals surface area contributed by atoms with Gasteiger partial charge < -0.3 is 15.2 Å². The maximum absolute atomic E-state index is 13.3. The fourth-order valence-corrected chi connectivity index (χ4v) is 4.74. The normalized spacial score (nSPS) is 19.9. The highest BCUT2D eigenvalue weighted by Gasteiger charge is 2.44. The molecule has 2 aromatic heterocycles. The molecule has 0 atom stereocenters. The third kappa shape index (κ3) is 2.84. The molecule has 0 aliphatic carbocycles. The average Bonchev–Trinajstić information content (AvgIpc) is 3.36. The number of H-pyrrole nitrogens is 1. The van der Waals surface area contributed by atoms with Gasteiger partial charge in [-0.15, -0.1) is 0 Å². The molecule has 2 N–H and O–H groups in total. The fourth-order valence-electron chi connectivity index (χ4n) is 4.74. The minimum absolute atomic E-state index is 0.129. The Balaban J connectivity index is 1.44. The number of likely N-dealkylation sites (tertiary alicyclic amines) is 1. The molecule has 6 nitrogen and oxygen atoms in total. The van der Waals surface area contributed by atoms with Crippen molar-refractivity contribution in [3.05, 3.63) is 48.4 Å². The maximum atomic E-state index is 13.3. The van der Waals surface area contributed by atoms with Crippen LogP contribution in [0.2, 0.25) is 0 Å². The van der Waals surface area contributed by atoms with Gasteiger partial charge >= 0.3 is 0 Å². The van der Waals surface area contributed by atoms with Crippen LogP contribution >= 0.6 is 0 Å². The lowest BCUT2D eigenvalue weighted by molar-refractivity contribution is -0.149. The van der Waals surface area contributed by atoms with Crippen LogP contribution in [0, 0.1) is 5.41 Å². The molecule has 6 heteroatoms. The van der Waals surface area contributed by atoms with Crippen molar-refractivity contribution in [3.8, 4) is 5.69 Å². The van der Waals surface area contributed by atoms with Crippen LogP contribution < -0.4 is 5.32 Å². The van der Waals surface area contributed by atoms with Crippen molar-refractivity contribution in [2.45, 2.75) is 32.2 Å².